The lowest BCUT2D eigenvalue weighted by Crippen LogP contribution is -2.21. The molecule has 0 aliphatic heterocycles. The van der Waals surface area contributed by atoms with E-state index in [1.165, 1.54) is 0 Å². The highest BCUT2D eigenvalue weighted by molar-refractivity contribution is 7.80. The lowest BCUT2D eigenvalue weighted by atomic mass is 9.97. The molecule has 15 heavy (non-hydrogen) atoms. The maximum absolute atomic E-state index is 5.48. The fraction of sp³-hybridized carbons (Fsp3) is 0.500. The van der Waals surface area contributed by atoms with E-state index in [0.717, 1.165) is 6.54 Å². The third-order valence-corrected chi connectivity index (χ3v) is 1.89. The second kappa shape index (κ2) is 4.53. The van der Waals surface area contributed by atoms with Crippen LogP contribution in [0.3, 0.4) is 0 Å². The number of thiocarbonyl (C=S) groups is 1. The normalized spacial score (nSPS) is 11.1. The Bertz CT molecular complexity index is 357. The Balaban J connectivity index is 2.70. The third kappa shape index (κ3) is 4.20. The SMILES string of the molecule is CC(C)(C)CNc1nccc(C(N)=S)n1. The zero-order chi connectivity index (χ0) is 11.5. The molecule has 0 radical (unpaired) electrons. The van der Waals surface area contributed by atoms with Gasteiger partial charge in [-0.25, -0.2) is 9.97 Å². The molecule has 0 spiro atoms. The van der Waals surface area contributed by atoms with Crippen LogP contribution in [-0.4, -0.2) is 21.5 Å². The summed E-state index contributed by atoms with van der Waals surface area (Å²) in [5.41, 5.74) is 6.25. The number of anilines is 1. The molecule has 0 fully saturated rings. The first-order chi connectivity index (χ1) is 6.88. The van der Waals surface area contributed by atoms with Crippen LogP contribution in [-0.2, 0) is 0 Å². The van der Waals surface area contributed by atoms with Crippen LogP contribution in [0.4, 0.5) is 5.95 Å². The molecule has 5 heteroatoms. The standard InChI is InChI=1S/C10H16N4S/c1-10(2,3)6-13-9-12-5-4-7(14-9)8(11)15/h4-5H,6H2,1-3H3,(H2,11,15)(H,12,13,14). The molecule has 0 amide bonds. The highest BCUT2D eigenvalue weighted by Gasteiger charge is 2.10. The van der Waals surface area contributed by atoms with Crippen molar-refractivity contribution < 1.29 is 0 Å². The Hall–Kier alpha value is -1.23. The molecule has 1 aromatic heterocycles. The summed E-state index contributed by atoms with van der Waals surface area (Å²) in [6.45, 7) is 7.21. The Morgan fingerprint density at radius 1 is 1.53 bits per heavy atom. The van der Waals surface area contributed by atoms with Gasteiger partial charge >= 0.3 is 0 Å². The summed E-state index contributed by atoms with van der Waals surface area (Å²) in [5, 5.41) is 3.14. The first kappa shape index (κ1) is 11.8. The van der Waals surface area contributed by atoms with Gasteiger partial charge in [-0.05, 0) is 11.5 Å². The number of hydrogen-bond acceptors (Lipinski definition) is 4. The first-order valence-electron chi connectivity index (χ1n) is 4.75. The maximum Gasteiger partial charge on any atom is 0.223 e. The zero-order valence-corrected chi connectivity index (χ0v) is 10.1. The Labute approximate surface area is 95.3 Å². The van der Waals surface area contributed by atoms with Crippen molar-refractivity contribution in [2.24, 2.45) is 11.1 Å². The molecule has 0 saturated heterocycles. The van der Waals surface area contributed by atoms with Crippen LogP contribution in [0.25, 0.3) is 0 Å². The van der Waals surface area contributed by atoms with Crippen molar-refractivity contribution in [3.63, 3.8) is 0 Å². The van der Waals surface area contributed by atoms with Crippen molar-refractivity contribution in [3.8, 4) is 0 Å². The van der Waals surface area contributed by atoms with Crippen LogP contribution in [0.5, 0.6) is 0 Å². The molecule has 1 heterocycles. The second-order valence-electron chi connectivity index (χ2n) is 4.54. The molecule has 3 N–H and O–H groups in total. The first-order valence-corrected chi connectivity index (χ1v) is 5.16. The number of hydrogen-bond donors (Lipinski definition) is 2. The van der Waals surface area contributed by atoms with E-state index >= 15 is 0 Å². The summed E-state index contributed by atoms with van der Waals surface area (Å²) in [6.07, 6.45) is 1.65. The fourth-order valence-corrected chi connectivity index (χ4v) is 1.04. The number of aromatic nitrogens is 2. The minimum Gasteiger partial charge on any atom is -0.388 e. The predicted octanol–water partition coefficient (Wildman–Crippen LogP) is 1.57. The van der Waals surface area contributed by atoms with Crippen molar-refractivity contribution in [1.29, 1.82) is 0 Å². The van der Waals surface area contributed by atoms with Gasteiger partial charge in [-0.15, -0.1) is 0 Å². The van der Waals surface area contributed by atoms with E-state index in [-0.39, 0.29) is 10.4 Å². The molecule has 0 aromatic carbocycles. The van der Waals surface area contributed by atoms with Crippen molar-refractivity contribution >= 4 is 23.2 Å². The number of rotatable bonds is 3. The summed E-state index contributed by atoms with van der Waals surface area (Å²) in [6, 6.07) is 1.70. The lowest BCUT2D eigenvalue weighted by Gasteiger charge is -2.18. The third-order valence-electron chi connectivity index (χ3n) is 1.68. The van der Waals surface area contributed by atoms with Crippen LogP contribution >= 0.6 is 12.2 Å². The molecular formula is C10H16N4S. The minimum absolute atomic E-state index is 0.183. The highest BCUT2D eigenvalue weighted by Crippen LogP contribution is 2.13. The molecular weight excluding hydrogens is 208 g/mol. The summed E-state index contributed by atoms with van der Waals surface area (Å²) >= 11 is 4.84. The number of nitrogens with zero attached hydrogens (tertiary/aromatic N) is 2. The van der Waals surface area contributed by atoms with Crippen molar-refractivity contribution in [2.75, 3.05) is 11.9 Å². The van der Waals surface area contributed by atoms with Crippen molar-refractivity contribution in [2.45, 2.75) is 20.8 Å². The van der Waals surface area contributed by atoms with E-state index in [4.69, 9.17) is 18.0 Å². The van der Waals surface area contributed by atoms with Gasteiger partial charge in [0, 0.05) is 12.7 Å². The van der Waals surface area contributed by atoms with Gasteiger partial charge in [-0.1, -0.05) is 33.0 Å². The average molecular weight is 224 g/mol. The molecule has 4 nitrogen and oxygen atoms in total. The Morgan fingerprint density at radius 3 is 2.73 bits per heavy atom. The highest BCUT2D eigenvalue weighted by atomic mass is 32.1. The zero-order valence-electron chi connectivity index (χ0n) is 9.24. The van der Waals surface area contributed by atoms with E-state index < -0.39 is 0 Å². The van der Waals surface area contributed by atoms with Gasteiger partial charge in [0.25, 0.3) is 0 Å². The summed E-state index contributed by atoms with van der Waals surface area (Å²) in [4.78, 5) is 8.56. The van der Waals surface area contributed by atoms with E-state index in [1.54, 1.807) is 12.3 Å². The largest absolute Gasteiger partial charge is 0.388 e. The topological polar surface area (TPSA) is 63.8 Å². The van der Waals surface area contributed by atoms with E-state index in [2.05, 4.69) is 36.1 Å². The van der Waals surface area contributed by atoms with Crippen LogP contribution in [0.2, 0.25) is 0 Å². The van der Waals surface area contributed by atoms with Crippen LogP contribution in [0.1, 0.15) is 26.5 Å². The lowest BCUT2D eigenvalue weighted by molar-refractivity contribution is 0.442. The molecule has 1 rings (SSSR count). The van der Waals surface area contributed by atoms with Gasteiger partial charge in [-0.2, -0.15) is 0 Å². The second-order valence-corrected chi connectivity index (χ2v) is 4.98. The smallest absolute Gasteiger partial charge is 0.223 e. The van der Waals surface area contributed by atoms with Crippen LogP contribution < -0.4 is 11.1 Å². The van der Waals surface area contributed by atoms with Crippen molar-refractivity contribution in [1.82, 2.24) is 9.97 Å². The summed E-state index contributed by atoms with van der Waals surface area (Å²) < 4.78 is 0. The summed E-state index contributed by atoms with van der Waals surface area (Å²) in [7, 11) is 0. The number of nitrogens with one attached hydrogen (secondary N) is 1. The minimum atomic E-state index is 0.183. The average Bonchev–Trinajstić information content (AvgIpc) is 2.14. The molecule has 1 aromatic rings. The molecule has 0 atom stereocenters. The van der Waals surface area contributed by atoms with Gasteiger partial charge in [0.15, 0.2) is 0 Å². The van der Waals surface area contributed by atoms with E-state index in [0.29, 0.717) is 11.6 Å². The van der Waals surface area contributed by atoms with E-state index in [1.807, 2.05) is 0 Å². The molecule has 0 aliphatic carbocycles. The summed E-state index contributed by atoms with van der Waals surface area (Å²) in [5.74, 6) is 0.565. The Morgan fingerprint density at radius 2 is 2.20 bits per heavy atom. The number of nitrogens with two attached hydrogens (primary N) is 1. The van der Waals surface area contributed by atoms with Gasteiger partial charge in [-0.3, -0.25) is 0 Å². The van der Waals surface area contributed by atoms with Gasteiger partial charge in [0.05, 0.1) is 0 Å². The molecule has 0 saturated carbocycles. The fourth-order valence-electron chi connectivity index (χ4n) is 0.925. The predicted molar refractivity (Wildman–Crippen MR) is 65.9 cm³/mol. The maximum atomic E-state index is 5.48. The van der Waals surface area contributed by atoms with Gasteiger partial charge < -0.3 is 11.1 Å². The van der Waals surface area contributed by atoms with Gasteiger partial charge in [0.1, 0.15) is 10.7 Å². The quantitative estimate of drug-likeness (QED) is 0.763. The van der Waals surface area contributed by atoms with Crippen LogP contribution in [0, 0.1) is 5.41 Å². The monoisotopic (exact) mass is 224 g/mol. The molecule has 0 aliphatic rings. The van der Waals surface area contributed by atoms with Crippen molar-refractivity contribution in [3.05, 3.63) is 18.0 Å². The Kier molecular flexibility index (Phi) is 3.57. The molecule has 82 valence electrons. The van der Waals surface area contributed by atoms with Crippen LogP contribution in [0.15, 0.2) is 12.3 Å². The molecule has 0 bridgehead atoms. The molecule has 0 unspecified atom stereocenters. The van der Waals surface area contributed by atoms with Gasteiger partial charge in [0.2, 0.25) is 5.95 Å². The van der Waals surface area contributed by atoms with E-state index in [9.17, 15) is 0 Å².